The molecule has 0 amide bonds. The van der Waals surface area contributed by atoms with E-state index in [0.717, 1.165) is 38.2 Å². The van der Waals surface area contributed by atoms with E-state index in [0.29, 0.717) is 11.3 Å². The van der Waals surface area contributed by atoms with Crippen molar-refractivity contribution in [3.05, 3.63) is 35.5 Å². The van der Waals surface area contributed by atoms with Crippen LogP contribution in [-0.4, -0.2) is 5.16 Å². The lowest BCUT2D eigenvalue weighted by Crippen LogP contribution is -2.22. The number of nitrogen functional groups attached to an aromatic ring is 1. The van der Waals surface area contributed by atoms with E-state index in [4.69, 9.17) is 10.3 Å². The highest BCUT2D eigenvalue weighted by molar-refractivity contribution is 5.76. The molecule has 2 aromatic rings. The van der Waals surface area contributed by atoms with Gasteiger partial charge in [-0.15, -0.1) is 0 Å². The highest BCUT2D eigenvalue weighted by Crippen LogP contribution is 2.48. The van der Waals surface area contributed by atoms with Crippen molar-refractivity contribution in [1.82, 2.24) is 5.16 Å². The van der Waals surface area contributed by atoms with Crippen LogP contribution in [0.1, 0.15) is 44.7 Å². The third kappa shape index (κ3) is 2.20. The Bertz CT molecular complexity index is 660. The van der Waals surface area contributed by atoms with E-state index in [1.54, 1.807) is 0 Å². The number of hydrogen-bond acceptors (Lipinski definition) is 3. The van der Waals surface area contributed by atoms with E-state index in [1.165, 1.54) is 12.1 Å². The van der Waals surface area contributed by atoms with Crippen LogP contribution in [0.4, 0.5) is 14.7 Å². The van der Waals surface area contributed by atoms with E-state index in [2.05, 4.69) is 12.1 Å². The molecule has 0 aliphatic heterocycles. The van der Waals surface area contributed by atoms with Crippen LogP contribution < -0.4 is 5.73 Å². The second kappa shape index (κ2) is 5.13. The number of rotatable bonds is 3. The first kappa shape index (κ1) is 14.0. The largest absolute Gasteiger partial charge is 0.367 e. The van der Waals surface area contributed by atoms with E-state index in [-0.39, 0.29) is 16.9 Å². The molecule has 1 aliphatic rings. The van der Waals surface area contributed by atoms with Crippen LogP contribution >= 0.6 is 0 Å². The Morgan fingerprint density at radius 3 is 2.62 bits per heavy atom. The van der Waals surface area contributed by atoms with Crippen molar-refractivity contribution < 1.29 is 13.3 Å². The van der Waals surface area contributed by atoms with Gasteiger partial charge in [-0.25, -0.2) is 8.78 Å². The maximum Gasteiger partial charge on any atom is 0.230 e. The maximum atomic E-state index is 14.1. The number of halogens is 2. The molecule has 0 unspecified atom stereocenters. The van der Waals surface area contributed by atoms with Gasteiger partial charge in [0.25, 0.3) is 0 Å². The third-order valence-corrected chi connectivity index (χ3v) is 4.66. The zero-order valence-corrected chi connectivity index (χ0v) is 12.0. The van der Waals surface area contributed by atoms with Gasteiger partial charge in [-0.05, 0) is 31.4 Å². The molecule has 0 bridgehead atoms. The van der Waals surface area contributed by atoms with Gasteiger partial charge in [-0.2, -0.15) is 0 Å². The van der Waals surface area contributed by atoms with E-state index >= 15 is 0 Å². The first-order chi connectivity index (χ1) is 10.1. The quantitative estimate of drug-likeness (QED) is 0.910. The minimum atomic E-state index is -0.643. The van der Waals surface area contributed by atoms with Gasteiger partial charge in [-0.3, -0.25) is 0 Å². The Kier molecular flexibility index (Phi) is 3.43. The van der Waals surface area contributed by atoms with Crippen molar-refractivity contribution in [2.45, 2.75) is 44.4 Å². The zero-order valence-electron chi connectivity index (χ0n) is 12.0. The summed E-state index contributed by atoms with van der Waals surface area (Å²) < 4.78 is 32.4. The Balaban J connectivity index is 2.17. The summed E-state index contributed by atoms with van der Waals surface area (Å²) in [5, 5.41) is 4.12. The molecule has 2 N–H and O–H groups in total. The van der Waals surface area contributed by atoms with Crippen molar-refractivity contribution in [3.8, 4) is 11.1 Å². The van der Waals surface area contributed by atoms with E-state index in [1.807, 2.05) is 0 Å². The summed E-state index contributed by atoms with van der Waals surface area (Å²) in [6, 6.07) is 3.48. The highest BCUT2D eigenvalue weighted by Gasteiger charge is 2.40. The van der Waals surface area contributed by atoms with Gasteiger partial charge in [0.15, 0.2) is 0 Å². The Morgan fingerprint density at radius 1 is 1.29 bits per heavy atom. The molecule has 3 rings (SSSR count). The average Bonchev–Trinajstić information content (AvgIpc) is 3.07. The molecule has 21 heavy (non-hydrogen) atoms. The molecule has 1 aliphatic carbocycles. The molecule has 1 saturated carbocycles. The highest BCUT2D eigenvalue weighted by atomic mass is 19.1. The first-order valence-electron chi connectivity index (χ1n) is 7.28. The fraction of sp³-hybridized carbons (Fsp3) is 0.438. The second-order valence-electron chi connectivity index (χ2n) is 5.74. The van der Waals surface area contributed by atoms with Gasteiger partial charge in [0, 0.05) is 17.0 Å². The molecular formula is C16H18F2N2O. The van der Waals surface area contributed by atoms with Gasteiger partial charge in [0.1, 0.15) is 11.6 Å². The van der Waals surface area contributed by atoms with Gasteiger partial charge in [0.05, 0.1) is 11.3 Å². The van der Waals surface area contributed by atoms with Gasteiger partial charge in [0.2, 0.25) is 5.88 Å². The number of nitrogens with zero attached hydrogens (tertiary/aromatic N) is 1. The molecule has 0 spiro atoms. The second-order valence-corrected chi connectivity index (χ2v) is 5.74. The summed E-state index contributed by atoms with van der Waals surface area (Å²) >= 11 is 0. The predicted octanol–water partition coefficient (Wildman–Crippen LogP) is 4.42. The Labute approximate surface area is 122 Å². The van der Waals surface area contributed by atoms with Crippen LogP contribution in [0.2, 0.25) is 0 Å². The summed E-state index contributed by atoms with van der Waals surface area (Å²) in [5.74, 6) is -1.16. The smallest absolute Gasteiger partial charge is 0.230 e. The third-order valence-electron chi connectivity index (χ3n) is 4.66. The molecule has 0 radical (unpaired) electrons. The molecule has 1 fully saturated rings. The molecule has 0 atom stereocenters. The molecule has 0 saturated heterocycles. The van der Waals surface area contributed by atoms with Crippen molar-refractivity contribution in [2.24, 2.45) is 0 Å². The molecular weight excluding hydrogens is 274 g/mol. The van der Waals surface area contributed by atoms with E-state index in [9.17, 15) is 8.78 Å². The number of anilines is 1. The van der Waals surface area contributed by atoms with Crippen molar-refractivity contribution >= 4 is 5.88 Å². The molecule has 1 aromatic heterocycles. The Hall–Kier alpha value is -1.91. The van der Waals surface area contributed by atoms with Crippen LogP contribution in [0.25, 0.3) is 11.1 Å². The van der Waals surface area contributed by atoms with Crippen LogP contribution in [0.3, 0.4) is 0 Å². The van der Waals surface area contributed by atoms with Crippen LogP contribution in [-0.2, 0) is 5.41 Å². The number of nitrogens with two attached hydrogens (primary N) is 1. The van der Waals surface area contributed by atoms with Crippen molar-refractivity contribution in [1.29, 1.82) is 0 Å². The maximum absolute atomic E-state index is 14.1. The summed E-state index contributed by atoms with van der Waals surface area (Å²) in [6.45, 7) is 2.10. The van der Waals surface area contributed by atoms with Crippen LogP contribution in [0, 0.1) is 11.6 Å². The number of hydrogen-bond donors (Lipinski definition) is 1. The fourth-order valence-corrected chi connectivity index (χ4v) is 3.43. The lowest BCUT2D eigenvalue weighted by atomic mass is 9.77. The molecule has 5 heteroatoms. The fourth-order valence-electron chi connectivity index (χ4n) is 3.43. The zero-order chi connectivity index (χ0) is 15.0. The normalized spacial score (nSPS) is 17.3. The number of aromatic nitrogens is 1. The average molecular weight is 292 g/mol. The summed E-state index contributed by atoms with van der Waals surface area (Å²) in [5.41, 5.74) is 7.21. The van der Waals surface area contributed by atoms with Gasteiger partial charge < -0.3 is 10.3 Å². The molecule has 1 heterocycles. The Morgan fingerprint density at radius 2 is 2.00 bits per heavy atom. The SMILES string of the molecule is CCC1(c2noc(N)c2-c2ccc(F)cc2F)CCCC1. The lowest BCUT2D eigenvalue weighted by Gasteiger charge is -2.26. The van der Waals surface area contributed by atoms with Gasteiger partial charge >= 0.3 is 0 Å². The molecule has 112 valence electrons. The molecule has 1 aromatic carbocycles. The first-order valence-corrected chi connectivity index (χ1v) is 7.28. The van der Waals surface area contributed by atoms with E-state index < -0.39 is 11.6 Å². The standard InChI is InChI=1S/C16H18F2N2O/c1-2-16(7-3-4-8-16)14-13(15(19)21-20-14)11-6-5-10(17)9-12(11)18/h5-6,9H,2-4,7-8,19H2,1H3. The van der Waals surface area contributed by atoms with Crippen LogP contribution in [0.15, 0.2) is 22.7 Å². The lowest BCUT2D eigenvalue weighted by molar-refractivity contribution is 0.361. The van der Waals surface area contributed by atoms with Gasteiger partial charge in [-0.1, -0.05) is 24.9 Å². The van der Waals surface area contributed by atoms with Crippen LogP contribution in [0.5, 0.6) is 0 Å². The number of benzene rings is 1. The topological polar surface area (TPSA) is 52.0 Å². The minimum Gasteiger partial charge on any atom is -0.367 e. The monoisotopic (exact) mass is 292 g/mol. The van der Waals surface area contributed by atoms with Crippen molar-refractivity contribution in [3.63, 3.8) is 0 Å². The van der Waals surface area contributed by atoms with Crippen molar-refractivity contribution in [2.75, 3.05) is 5.73 Å². The minimum absolute atomic E-state index is 0.0928. The summed E-state index contributed by atoms with van der Waals surface area (Å²) in [4.78, 5) is 0. The predicted molar refractivity (Wildman–Crippen MR) is 76.7 cm³/mol. The summed E-state index contributed by atoms with van der Waals surface area (Å²) in [6.07, 6.45) is 5.11. The summed E-state index contributed by atoms with van der Waals surface area (Å²) in [7, 11) is 0. The molecule has 3 nitrogen and oxygen atoms in total.